The number of benzene rings is 1. The van der Waals surface area contributed by atoms with E-state index in [4.69, 9.17) is 10.00 Å². The van der Waals surface area contributed by atoms with Crippen LogP contribution in [0.25, 0.3) is 0 Å². The summed E-state index contributed by atoms with van der Waals surface area (Å²) in [5, 5.41) is 19.2. The van der Waals surface area contributed by atoms with Gasteiger partial charge in [0.25, 0.3) is 5.56 Å². The molecular weight excluding hydrogens is 282 g/mol. The van der Waals surface area contributed by atoms with Gasteiger partial charge in [0.05, 0.1) is 18.4 Å². The number of pyridine rings is 1. The quantitative estimate of drug-likeness (QED) is 0.878. The zero-order valence-corrected chi connectivity index (χ0v) is 12.5. The first-order valence-electron chi connectivity index (χ1n) is 6.50. The number of methoxy groups -OCH3 is 1. The Kier molecular flexibility index (Phi) is 4.28. The first-order chi connectivity index (χ1) is 10.5. The normalized spacial score (nSPS) is 10.6. The van der Waals surface area contributed by atoms with Crippen molar-refractivity contribution in [3.05, 3.63) is 51.3 Å². The van der Waals surface area contributed by atoms with Crippen LogP contribution in [0.4, 0.5) is 5.69 Å². The molecule has 1 aromatic heterocycles. The molecule has 0 aliphatic heterocycles. The molecule has 0 spiro atoms. The van der Waals surface area contributed by atoms with Crippen molar-refractivity contribution in [3.8, 4) is 17.7 Å². The average molecular weight is 297 g/mol. The number of hydrogen-bond acceptors (Lipinski definition) is 5. The minimum atomic E-state index is -0.529. The summed E-state index contributed by atoms with van der Waals surface area (Å²) in [6, 6.07) is 8.91. The Bertz CT molecular complexity index is 828. The van der Waals surface area contributed by atoms with Crippen LogP contribution in [-0.4, -0.2) is 23.0 Å². The predicted octanol–water partition coefficient (Wildman–Crippen LogP) is 2.03. The van der Waals surface area contributed by atoms with Gasteiger partial charge < -0.3 is 9.84 Å². The summed E-state index contributed by atoms with van der Waals surface area (Å²) in [4.78, 5) is 16.1. The molecule has 0 saturated heterocycles. The lowest BCUT2D eigenvalue weighted by molar-refractivity contribution is 0.415. The summed E-state index contributed by atoms with van der Waals surface area (Å²) in [5.41, 5.74) is 0.873. The van der Waals surface area contributed by atoms with Gasteiger partial charge in [0.15, 0.2) is 0 Å². The third kappa shape index (κ3) is 2.69. The summed E-state index contributed by atoms with van der Waals surface area (Å²) >= 11 is 0. The Morgan fingerprint density at radius 2 is 2.00 bits per heavy atom. The monoisotopic (exact) mass is 297 g/mol. The Balaban J connectivity index is 2.49. The molecule has 0 radical (unpaired) electrons. The third-order valence-electron chi connectivity index (χ3n) is 3.38. The zero-order chi connectivity index (χ0) is 16.3. The molecule has 0 amide bonds. The van der Waals surface area contributed by atoms with E-state index in [2.05, 4.69) is 4.99 Å². The van der Waals surface area contributed by atoms with E-state index in [9.17, 15) is 9.90 Å². The van der Waals surface area contributed by atoms with Gasteiger partial charge in [-0.2, -0.15) is 5.26 Å². The molecule has 1 aromatic carbocycles. The van der Waals surface area contributed by atoms with E-state index in [0.29, 0.717) is 22.6 Å². The van der Waals surface area contributed by atoms with Crippen molar-refractivity contribution in [2.45, 2.75) is 6.92 Å². The summed E-state index contributed by atoms with van der Waals surface area (Å²) < 4.78 is 6.09. The van der Waals surface area contributed by atoms with Gasteiger partial charge in [0.2, 0.25) is 5.88 Å². The van der Waals surface area contributed by atoms with Gasteiger partial charge >= 0.3 is 0 Å². The van der Waals surface area contributed by atoms with Crippen LogP contribution >= 0.6 is 0 Å². The molecule has 6 nitrogen and oxygen atoms in total. The Labute approximate surface area is 127 Å². The van der Waals surface area contributed by atoms with Gasteiger partial charge in [-0.05, 0) is 36.8 Å². The van der Waals surface area contributed by atoms with E-state index in [1.54, 1.807) is 38.3 Å². The third-order valence-corrected chi connectivity index (χ3v) is 3.38. The number of aromatic hydroxyl groups is 1. The number of rotatable bonds is 3. The maximum atomic E-state index is 11.9. The van der Waals surface area contributed by atoms with Gasteiger partial charge in [-0.15, -0.1) is 0 Å². The molecule has 112 valence electrons. The fourth-order valence-electron chi connectivity index (χ4n) is 2.00. The highest BCUT2D eigenvalue weighted by Crippen LogP contribution is 2.21. The smallest absolute Gasteiger partial charge is 0.271 e. The average Bonchev–Trinajstić information content (AvgIpc) is 2.54. The predicted molar refractivity (Wildman–Crippen MR) is 83.0 cm³/mol. The summed E-state index contributed by atoms with van der Waals surface area (Å²) in [6.45, 7) is 1.61. The van der Waals surface area contributed by atoms with Crippen LogP contribution in [0.1, 0.15) is 16.7 Å². The standard InChI is InChI=1S/C16H15N3O3/c1-10-13(8-17)15(20)19(2)16(21)14(10)9-18-11-4-6-12(22-3)7-5-11/h4-7,9,21H,1-3H3. The molecule has 1 heterocycles. The molecule has 0 unspecified atom stereocenters. The fourth-order valence-corrected chi connectivity index (χ4v) is 2.00. The van der Waals surface area contributed by atoms with Crippen LogP contribution in [0.3, 0.4) is 0 Å². The first-order valence-corrected chi connectivity index (χ1v) is 6.50. The van der Waals surface area contributed by atoms with Crippen molar-refractivity contribution >= 4 is 11.9 Å². The van der Waals surface area contributed by atoms with E-state index in [-0.39, 0.29) is 11.4 Å². The number of hydrogen-bond donors (Lipinski definition) is 1. The second kappa shape index (κ2) is 6.14. The van der Waals surface area contributed by atoms with Gasteiger partial charge in [0.1, 0.15) is 17.4 Å². The van der Waals surface area contributed by atoms with Crippen molar-refractivity contribution in [1.82, 2.24) is 4.57 Å². The number of nitrogens with zero attached hydrogens (tertiary/aromatic N) is 3. The van der Waals surface area contributed by atoms with Gasteiger partial charge in [0, 0.05) is 13.3 Å². The zero-order valence-electron chi connectivity index (χ0n) is 12.5. The highest BCUT2D eigenvalue weighted by molar-refractivity contribution is 5.87. The number of nitriles is 1. The number of aromatic nitrogens is 1. The molecule has 0 saturated carbocycles. The van der Waals surface area contributed by atoms with E-state index in [0.717, 1.165) is 4.57 Å². The second-order valence-corrected chi connectivity index (χ2v) is 4.67. The maximum Gasteiger partial charge on any atom is 0.271 e. The number of aliphatic imine (C=N–C) groups is 1. The molecule has 2 aromatic rings. The molecule has 0 aliphatic rings. The maximum absolute atomic E-state index is 11.9. The number of ether oxygens (including phenoxy) is 1. The highest BCUT2D eigenvalue weighted by atomic mass is 16.5. The van der Waals surface area contributed by atoms with Crippen molar-refractivity contribution in [2.75, 3.05) is 7.11 Å². The Morgan fingerprint density at radius 1 is 1.36 bits per heavy atom. The van der Waals surface area contributed by atoms with Crippen molar-refractivity contribution < 1.29 is 9.84 Å². The molecule has 2 rings (SSSR count). The SMILES string of the molecule is COc1ccc(N=Cc2c(C)c(C#N)c(=O)n(C)c2O)cc1. The van der Waals surface area contributed by atoms with Gasteiger partial charge in [-0.1, -0.05) is 0 Å². The van der Waals surface area contributed by atoms with E-state index >= 15 is 0 Å². The largest absolute Gasteiger partial charge is 0.497 e. The highest BCUT2D eigenvalue weighted by Gasteiger charge is 2.15. The molecule has 1 N–H and O–H groups in total. The van der Waals surface area contributed by atoms with Gasteiger partial charge in [-0.25, -0.2) is 0 Å². The van der Waals surface area contributed by atoms with Crippen LogP contribution in [-0.2, 0) is 7.05 Å². The van der Waals surface area contributed by atoms with E-state index < -0.39 is 5.56 Å². The van der Waals surface area contributed by atoms with Crippen LogP contribution in [0.5, 0.6) is 11.6 Å². The van der Waals surface area contributed by atoms with Crippen molar-refractivity contribution in [3.63, 3.8) is 0 Å². The molecule has 22 heavy (non-hydrogen) atoms. The fraction of sp³-hybridized carbons (Fsp3) is 0.188. The summed E-state index contributed by atoms with van der Waals surface area (Å²) in [6.07, 6.45) is 1.44. The molecule has 0 aliphatic carbocycles. The summed E-state index contributed by atoms with van der Waals surface area (Å²) in [7, 11) is 2.98. The lowest BCUT2D eigenvalue weighted by Crippen LogP contribution is -2.22. The minimum absolute atomic E-state index is 0.00326. The van der Waals surface area contributed by atoms with Crippen LogP contribution in [0.2, 0.25) is 0 Å². The Morgan fingerprint density at radius 3 is 2.55 bits per heavy atom. The van der Waals surface area contributed by atoms with E-state index in [1.165, 1.54) is 13.3 Å². The molecule has 0 bridgehead atoms. The molecular formula is C16H15N3O3. The van der Waals surface area contributed by atoms with Crippen molar-refractivity contribution in [1.29, 1.82) is 5.26 Å². The van der Waals surface area contributed by atoms with E-state index in [1.807, 2.05) is 6.07 Å². The lowest BCUT2D eigenvalue weighted by Gasteiger charge is -2.09. The molecule has 0 atom stereocenters. The first kappa shape index (κ1) is 15.3. The molecule has 6 heteroatoms. The van der Waals surface area contributed by atoms with Crippen LogP contribution in [0.15, 0.2) is 34.1 Å². The molecule has 0 fully saturated rings. The lowest BCUT2D eigenvalue weighted by atomic mass is 10.1. The van der Waals surface area contributed by atoms with Crippen LogP contribution in [0, 0.1) is 18.3 Å². The van der Waals surface area contributed by atoms with Gasteiger partial charge in [-0.3, -0.25) is 14.4 Å². The second-order valence-electron chi connectivity index (χ2n) is 4.67. The summed E-state index contributed by atoms with van der Waals surface area (Å²) in [5.74, 6) is 0.491. The van der Waals surface area contributed by atoms with Crippen molar-refractivity contribution in [2.24, 2.45) is 12.0 Å². The minimum Gasteiger partial charge on any atom is -0.497 e. The van der Waals surface area contributed by atoms with Crippen LogP contribution < -0.4 is 10.3 Å². The Hall–Kier alpha value is -3.07. The topological polar surface area (TPSA) is 87.6 Å².